The Bertz CT molecular complexity index is 643. The average molecular weight is 283 g/mol. The van der Waals surface area contributed by atoms with E-state index in [1.165, 1.54) is 16.8 Å². The number of nitrogens with one attached hydrogen (secondary N) is 1. The number of hydrogen-bond acceptors (Lipinski definition) is 4. The van der Waals surface area contributed by atoms with Crippen molar-refractivity contribution < 1.29 is 9.53 Å². The minimum absolute atomic E-state index is 0.443. The monoisotopic (exact) mass is 283 g/mol. The quantitative estimate of drug-likeness (QED) is 0.939. The first-order chi connectivity index (χ1) is 10.3. The van der Waals surface area contributed by atoms with E-state index in [2.05, 4.69) is 15.2 Å². The lowest BCUT2D eigenvalue weighted by Gasteiger charge is -2.19. The van der Waals surface area contributed by atoms with Gasteiger partial charge in [0.25, 0.3) is 0 Å². The summed E-state index contributed by atoms with van der Waals surface area (Å²) in [6.45, 7) is 1.84. The van der Waals surface area contributed by atoms with Crippen molar-refractivity contribution in [1.82, 2.24) is 10.3 Å². The van der Waals surface area contributed by atoms with Crippen molar-refractivity contribution in [2.45, 2.75) is 13.0 Å². The summed E-state index contributed by atoms with van der Waals surface area (Å²) in [6.07, 6.45) is 4.14. The van der Waals surface area contributed by atoms with Crippen molar-refractivity contribution in [1.29, 1.82) is 0 Å². The number of benzene rings is 1. The fourth-order valence-electron chi connectivity index (χ4n) is 2.54. The van der Waals surface area contributed by atoms with Crippen molar-refractivity contribution in [3.05, 3.63) is 53.9 Å². The van der Waals surface area contributed by atoms with E-state index in [1.54, 1.807) is 7.05 Å². The highest BCUT2D eigenvalue weighted by Crippen LogP contribution is 2.32. The molecule has 21 heavy (non-hydrogen) atoms. The highest BCUT2D eigenvalue weighted by atomic mass is 16.5. The summed E-state index contributed by atoms with van der Waals surface area (Å²) in [7, 11) is 1.55. The Hall–Kier alpha value is -2.56. The third-order valence-electron chi connectivity index (χ3n) is 3.58. The van der Waals surface area contributed by atoms with E-state index >= 15 is 0 Å². The molecular formula is C16H17N3O2. The Kier molecular flexibility index (Phi) is 3.73. The van der Waals surface area contributed by atoms with E-state index in [-0.39, 0.29) is 0 Å². The van der Waals surface area contributed by atoms with Gasteiger partial charge in [0.1, 0.15) is 5.75 Å². The molecule has 0 atom stereocenters. The second kappa shape index (κ2) is 5.83. The molecule has 2 heterocycles. The van der Waals surface area contributed by atoms with E-state index in [4.69, 9.17) is 4.74 Å². The first-order valence-corrected chi connectivity index (χ1v) is 6.92. The maximum absolute atomic E-state index is 11.2. The lowest BCUT2D eigenvalue weighted by Crippen LogP contribution is -2.22. The number of anilines is 1. The van der Waals surface area contributed by atoms with Gasteiger partial charge in [0, 0.05) is 38.2 Å². The molecule has 0 saturated carbocycles. The van der Waals surface area contributed by atoms with Crippen LogP contribution in [0, 0.1) is 0 Å². The zero-order valence-electron chi connectivity index (χ0n) is 11.9. The standard InChI is InChI=1S/C16H17N3O2/c1-17-16(20)21-14-2-3-15-13(10-14)6-9-19(15)11-12-4-7-18-8-5-12/h2-5,7-8,10H,6,9,11H2,1H3,(H,17,20). The normalized spacial score (nSPS) is 12.9. The minimum Gasteiger partial charge on any atom is -0.410 e. The minimum atomic E-state index is -0.443. The summed E-state index contributed by atoms with van der Waals surface area (Å²) in [5, 5.41) is 2.45. The van der Waals surface area contributed by atoms with Crippen molar-refractivity contribution in [3.8, 4) is 5.75 Å². The Labute approximate surface area is 123 Å². The van der Waals surface area contributed by atoms with Gasteiger partial charge in [-0.1, -0.05) is 0 Å². The highest BCUT2D eigenvalue weighted by Gasteiger charge is 2.20. The smallest absolute Gasteiger partial charge is 0.410 e. The molecule has 5 nitrogen and oxygen atoms in total. The predicted octanol–water partition coefficient (Wildman–Crippen LogP) is 2.36. The molecule has 1 aliphatic rings. The summed E-state index contributed by atoms with van der Waals surface area (Å²) in [4.78, 5) is 17.6. The third-order valence-corrected chi connectivity index (χ3v) is 3.58. The molecule has 0 fully saturated rings. The molecule has 0 unspecified atom stereocenters. The van der Waals surface area contributed by atoms with Gasteiger partial charge in [-0.05, 0) is 47.9 Å². The Morgan fingerprint density at radius 3 is 2.90 bits per heavy atom. The number of aromatic nitrogens is 1. The van der Waals surface area contributed by atoms with Gasteiger partial charge in [-0.2, -0.15) is 0 Å². The average Bonchev–Trinajstić information content (AvgIpc) is 2.90. The maximum atomic E-state index is 11.2. The number of hydrogen-bond donors (Lipinski definition) is 1. The summed E-state index contributed by atoms with van der Waals surface area (Å²) < 4.78 is 5.17. The van der Waals surface area contributed by atoms with Crippen LogP contribution >= 0.6 is 0 Å². The first kappa shape index (κ1) is 13.4. The molecule has 1 aromatic carbocycles. The third kappa shape index (κ3) is 2.97. The molecule has 0 aliphatic carbocycles. The molecule has 108 valence electrons. The molecule has 0 saturated heterocycles. The molecule has 5 heteroatoms. The lowest BCUT2D eigenvalue weighted by molar-refractivity contribution is 0.203. The van der Waals surface area contributed by atoms with Crippen LogP contribution in [0.2, 0.25) is 0 Å². The topological polar surface area (TPSA) is 54.5 Å². The maximum Gasteiger partial charge on any atom is 0.412 e. The van der Waals surface area contributed by atoms with Crippen LogP contribution in [0.1, 0.15) is 11.1 Å². The number of carbonyl (C=O) groups is 1. The molecular weight excluding hydrogens is 266 g/mol. The van der Waals surface area contributed by atoms with Crippen LogP contribution in [0.5, 0.6) is 5.75 Å². The summed E-state index contributed by atoms with van der Waals surface area (Å²) in [5.41, 5.74) is 3.66. The Morgan fingerprint density at radius 2 is 2.14 bits per heavy atom. The number of pyridine rings is 1. The molecule has 0 bridgehead atoms. The van der Waals surface area contributed by atoms with Crippen LogP contribution in [0.4, 0.5) is 10.5 Å². The van der Waals surface area contributed by atoms with Crippen LogP contribution in [0.3, 0.4) is 0 Å². The Balaban J connectivity index is 1.75. The van der Waals surface area contributed by atoms with Gasteiger partial charge >= 0.3 is 6.09 Å². The van der Waals surface area contributed by atoms with Crippen molar-refractivity contribution >= 4 is 11.8 Å². The second-order valence-corrected chi connectivity index (χ2v) is 4.96. The Morgan fingerprint density at radius 1 is 1.33 bits per heavy atom. The van der Waals surface area contributed by atoms with E-state index in [0.29, 0.717) is 5.75 Å². The van der Waals surface area contributed by atoms with E-state index in [0.717, 1.165) is 19.5 Å². The highest BCUT2D eigenvalue weighted by molar-refractivity contribution is 5.71. The summed E-state index contributed by atoms with van der Waals surface area (Å²) in [6, 6.07) is 9.85. The zero-order valence-corrected chi connectivity index (χ0v) is 11.9. The number of ether oxygens (including phenoxy) is 1. The fourth-order valence-corrected chi connectivity index (χ4v) is 2.54. The van der Waals surface area contributed by atoms with Crippen LogP contribution in [0.25, 0.3) is 0 Å². The second-order valence-electron chi connectivity index (χ2n) is 4.96. The van der Waals surface area contributed by atoms with Gasteiger partial charge in [-0.3, -0.25) is 4.98 Å². The van der Waals surface area contributed by atoms with Gasteiger partial charge in [0.15, 0.2) is 0 Å². The van der Waals surface area contributed by atoms with E-state index in [1.807, 2.05) is 42.7 Å². The molecule has 1 aromatic heterocycles. The molecule has 2 aromatic rings. The van der Waals surface area contributed by atoms with Gasteiger partial charge in [0.05, 0.1) is 0 Å². The molecule has 1 aliphatic heterocycles. The number of fused-ring (bicyclic) bond motifs is 1. The molecule has 3 rings (SSSR count). The SMILES string of the molecule is CNC(=O)Oc1ccc2c(c1)CCN2Cc1ccncc1. The fraction of sp³-hybridized carbons (Fsp3) is 0.250. The van der Waals surface area contributed by atoms with Gasteiger partial charge in [-0.15, -0.1) is 0 Å². The number of nitrogens with zero attached hydrogens (tertiary/aromatic N) is 2. The largest absolute Gasteiger partial charge is 0.412 e. The lowest BCUT2D eigenvalue weighted by atomic mass is 10.1. The number of carbonyl (C=O) groups excluding carboxylic acids is 1. The predicted molar refractivity (Wildman–Crippen MR) is 80.5 cm³/mol. The van der Waals surface area contributed by atoms with Gasteiger partial charge in [0.2, 0.25) is 0 Å². The molecule has 1 amide bonds. The number of amides is 1. The van der Waals surface area contributed by atoms with Crippen molar-refractivity contribution in [3.63, 3.8) is 0 Å². The van der Waals surface area contributed by atoms with Crippen molar-refractivity contribution in [2.75, 3.05) is 18.5 Å². The summed E-state index contributed by atoms with van der Waals surface area (Å²) >= 11 is 0. The molecule has 0 radical (unpaired) electrons. The summed E-state index contributed by atoms with van der Waals surface area (Å²) in [5.74, 6) is 0.582. The molecule has 0 spiro atoms. The van der Waals surface area contributed by atoms with Crippen LogP contribution in [-0.4, -0.2) is 24.7 Å². The van der Waals surface area contributed by atoms with E-state index < -0.39 is 6.09 Å². The first-order valence-electron chi connectivity index (χ1n) is 6.92. The number of rotatable bonds is 3. The van der Waals surface area contributed by atoms with Gasteiger partial charge in [-0.25, -0.2) is 4.79 Å². The van der Waals surface area contributed by atoms with Crippen LogP contribution < -0.4 is 15.0 Å². The van der Waals surface area contributed by atoms with Gasteiger partial charge < -0.3 is 15.0 Å². The van der Waals surface area contributed by atoms with E-state index in [9.17, 15) is 4.79 Å². The van der Waals surface area contributed by atoms with Crippen molar-refractivity contribution in [2.24, 2.45) is 0 Å². The van der Waals surface area contributed by atoms with Crippen LogP contribution in [0.15, 0.2) is 42.7 Å². The zero-order chi connectivity index (χ0) is 14.7. The molecule has 1 N–H and O–H groups in total. The van der Waals surface area contributed by atoms with Crippen LogP contribution in [-0.2, 0) is 13.0 Å².